The average molecular weight is 433 g/mol. The number of hydrogen-bond acceptors (Lipinski definition) is 4. The quantitative estimate of drug-likeness (QED) is 0.748. The molecule has 27 heavy (non-hydrogen) atoms. The second-order valence-corrected chi connectivity index (χ2v) is 7.15. The summed E-state index contributed by atoms with van der Waals surface area (Å²) in [6.45, 7) is 2.37. The van der Waals surface area contributed by atoms with Crippen LogP contribution in [0.25, 0.3) is 0 Å². The molecule has 0 spiro atoms. The topological polar surface area (TPSA) is 67.9 Å². The summed E-state index contributed by atoms with van der Waals surface area (Å²) < 4.78 is 12.0. The lowest BCUT2D eigenvalue weighted by atomic mass is 10.2. The van der Waals surface area contributed by atoms with Gasteiger partial charge in [-0.3, -0.25) is 9.59 Å². The Bertz CT molecular complexity index is 838. The van der Waals surface area contributed by atoms with Crippen LogP contribution in [0.4, 0.5) is 11.4 Å². The fraction of sp³-hybridized carbons (Fsp3) is 0.300. The molecule has 0 aromatic heterocycles. The van der Waals surface area contributed by atoms with E-state index >= 15 is 0 Å². The summed E-state index contributed by atoms with van der Waals surface area (Å²) in [5, 5.41) is 2.82. The maximum Gasteiger partial charge on any atom is 0.265 e. The molecule has 6 nitrogen and oxygen atoms in total. The highest BCUT2D eigenvalue weighted by Crippen LogP contribution is 2.34. The Morgan fingerprint density at radius 3 is 2.59 bits per heavy atom. The lowest BCUT2D eigenvalue weighted by molar-refractivity contribution is -0.122. The molecule has 2 aromatic carbocycles. The Balaban J connectivity index is 1.68. The predicted octanol–water partition coefficient (Wildman–Crippen LogP) is 3.99. The van der Waals surface area contributed by atoms with Gasteiger partial charge in [0.05, 0.1) is 12.8 Å². The molecule has 7 heteroatoms. The van der Waals surface area contributed by atoms with Crippen molar-refractivity contribution in [1.82, 2.24) is 0 Å². The smallest absolute Gasteiger partial charge is 0.265 e. The highest BCUT2D eigenvalue weighted by molar-refractivity contribution is 9.10. The Labute approximate surface area is 166 Å². The predicted molar refractivity (Wildman–Crippen MR) is 107 cm³/mol. The number of hydrogen-bond donors (Lipinski definition) is 1. The van der Waals surface area contributed by atoms with E-state index < -0.39 is 6.10 Å². The molecule has 1 atom stereocenters. The molecular formula is C20H21BrN2O4. The number of carbonyl (C=O) groups is 2. The van der Waals surface area contributed by atoms with Gasteiger partial charge in [-0.2, -0.15) is 0 Å². The number of ether oxygens (including phenoxy) is 2. The lowest BCUT2D eigenvalue weighted by Gasteiger charge is -2.20. The molecule has 0 radical (unpaired) electrons. The van der Waals surface area contributed by atoms with Crippen molar-refractivity contribution < 1.29 is 19.1 Å². The molecule has 1 fully saturated rings. The molecule has 2 amide bonds. The van der Waals surface area contributed by atoms with Crippen LogP contribution >= 0.6 is 15.9 Å². The third kappa shape index (κ3) is 4.60. The SMILES string of the molecule is COc1cc(NC(=O)C(C)Oc2ccc(Br)cc2)ccc1N1CCCC1=O. The standard InChI is InChI=1S/C20H21BrN2O4/c1-13(27-16-8-5-14(21)6-9-16)20(25)22-15-7-10-17(18(12-15)26-2)23-11-3-4-19(23)24/h5-10,12-13H,3-4,11H2,1-2H3,(H,22,25). The molecule has 1 heterocycles. The molecule has 1 saturated heterocycles. The van der Waals surface area contributed by atoms with Crippen LogP contribution in [0.5, 0.6) is 11.5 Å². The van der Waals surface area contributed by atoms with Crippen molar-refractivity contribution in [3.8, 4) is 11.5 Å². The Hall–Kier alpha value is -2.54. The molecule has 142 valence electrons. The summed E-state index contributed by atoms with van der Waals surface area (Å²) in [4.78, 5) is 26.1. The van der Waals surface area contributed by atoms with Gasteiger partial charge in [-0.15, -0.1) is 0 Å². The molecule has 0 aliphatic carbocycles. The van der Waals surface area contributed by atoms with Crippen molar-refractivity contribution in [2.45, 2.75) is 25.9 Å². The van der Waals surface area contributed by atoms with E-state index in [2.05, 4.69) is 21.2 Å². The summed E-state index contributed by atoms with van der Waals surface area (Å²) in [6.07, 6.45) is 0.717. The Morgan fingerprint density at radius 2 is 1.96 bits per heavy atom. The zero-order chi connectivity index (χ0) is 19.4. The van der Waals surface area contributed by atoms with E-state index in [4.69, 9.17) is 9.47 Å². The zero-order valence-electron chi connectivity index (χ0n) is 15.2. The first-order valence-corrected chi connectivity index (χ1v) is 9.48. The molecule has 3 rings (SSSR count). The van der Waals surface area contributed by atoms with Crippen LogP contribution in [0.15, 0.2) is 46.9 Å². The van der Waals surface area contributed by atoms with Crippen molar-refractivity contribution in [2.24, 2.45) is 0 Å². The van der Waals surface area contributed by atoms with Gasteiger partial charge in [0, 0.05) is 29.2 Å². The van der Waals surface area contributed by atoms with Gasteiger partial charge in [-0.05, 0) is 49.7 Å². The number of nitrogens with zero attached hydrogens (tertiary/aromatic N) is 1. The number of rotatable bonds is 6. The van der Waals surface area contributed by atoms with Crippen LogP contribution in [0.1, 0.15) is 19.8 Å². The molecule has 0 bridgehead atoms. The first-order valence-electron chi connectivity index (χ1n) is 8.69. The molecule has 1 unspecified atom stereocenters. The molecule has 0 saturated carbocycles. The zero-order valence-corrected chi connectivity index (χ0v) is 16.8. The van der Waals surface area contributed by atoms with Gasteiger partial charge in [0.2, 0.25) is 5.91 Å². The van der Waals surface area contributed by atoms with Crippen LogP contribution in [0.2, 0.25) is 0 Å². The minimum absolute atomic E-state index is 0.0848. The fourth-order valence-electron chi connectivity index (χ4n) is 2.90. The van der Waals surface area contributed by atoms with E-state index in [0.717, 1.165) is 16.6 Å². The average Bonchev–Trinajstić information content (AvgIpc) is 3.09. The molecule has 2 aromatic rings. The summed E-state index contributed by atoms with van der Waals surface area (Å²) in [5.74, 6) is 0.970. The van der Waals surface area contributed by atoms with Crippen LogP contribution in [0.3, 0.4) is 0 Å². The van der Waals surface area contributed by atoms with E-state index in [1.807, 2.05) is 12.1 Å². The monoisotopic (exact) mass is 432 g/mol. The van der Waals surface area contributed by atoms with Gasteiger partial charge in [0.15, 0.2) is 6.10 Å². The summed E-state index contributed by atoms with van der Waals surface area (Å²) in [6, 6.07) is 12.5. The highest BCUT2D eigenvalue weighted by atomic mass is 79.9. The van der Waals surface area contributed by atoms with E-state index in [9.17, 15) is 9.59 Å². The Kier molecular flexibility index (Phi) is 6.01. The minimum Gasteiger partial charge on any atom is -0.494 e. The fourth-order valence-corrected chi connectivity index (χ4v) is 3.16. The molecular weight excluding hydrogens is 412 g/mol. The number of benzene rings is 2. The van der Waals surface area contributed by atoms with Crippen LogP contribution in [0, 0.1) is 0 Å². The van der Waals surface area contributed by atoms with E-state index in [1.54, 1.807) is 49.3 Å². The Morgan fingerprint density at radius 1 is 1.22 bits per heavy atom. The van der Waals surface area contributed by atoms with E-state index in [0.29, 0.717) is 30.2 Å². The molecule has 1 aliphatic rings. The number of anilines is 2. The maximum atomic E-state index is 12.4. The molecule has 1 N–H and O–H groups in total. The minimum atomic E-state index is -0.669. The number of carbonyl (C=O) groups excluding carboxylic acids is 2. The van der Waals surface area contributed by atoms with Crippen LogP contribution in [-0.2, 0) is 9.59 Å². The summed E-state index contributed by atoms with van der Waals surface area (Å²) in [5.41, 5.74) is 1.30. The normalized spacial score (nSPS) is 14.8. The second kappa shape index (κ2) is 8.43. The van der Waals surface area contributed by atoms with E-state index in [1.165, 1.54) is 0 Å². The van der Waals surface area contributed by atoms with Gasteiger partial charge in [-0.25, -0.2) is 0 Å². The van der Waals surface area contributed by atoms with Gasteiger partial charge in [0.1, 0.15) is 11.5 Å². The lowest BCUT2D eigenvalue weighted by Crippen LogP contribution is -2.30. The van der Waals surface area contributed by atoms with Crippen molar-refractivity contribution in [3.63, 3.8) is 0 Å². The number of amides is 2. The third-order valence-electron chi connectivity index (χ3n) is 4.31. The molecule has 1 aliphatic heterocycles. The number of halogens is 1. The maximum absolute atomic E-state index is 12.4. The second-order valence-electron chi connectivity index (χ2n) is 6.24. The number of nitrogens with one attached hydrogen (secondary N) is 1. The largest absolute Gasteiger partial charge is 0.494 e. The van der Waals surface area contributed by atoms with Gasteiger partial charge in [0.25, 0.3) is 5.91 Å². The van der Waals surface area contributed by atoms with Gasteiger partial charge >= 0.3 is 0 Å². The summed E-state index contributed by atoms with van der Waals surface area (Å²) >= 11 is 3.36. The van der Waals surface area contributed by atoms with Gasteiger partial charge in [-0.1, -0.05) is 15.9 Å². The first-order chi connectivity index (χ1) is 13.0. The van der Waals surface area contributed by atoms with Crippen molar-refractivity contribution >= 4 is 39.1 Å². The highest BCUT2D eigenvalue weighted by Gasteiger charge is 2.25. The van der Waals surface area contributed by atoms with Gasteiger partial charge < -0.3 is 19.7 Å². The first kappa shape index (κ1) is 19.2. The summed E-state index contributed by atoms with van der Waals surface area (Å²) in [7, 11) is 1.55. The van der Waals surface area contributed by atoms with Crippen LogP contribution in [-0.4, -0.2) is 31.6 Å². The van der Waals surface area contributed by atoms with E-state index in [-0.39, 0.29) is 11.8 Å². The number of methoxy groups -OCH3 is 1. The van der Waals surface area contributed by atoms with Crippen molar-refractivity contribution in [3.05, 3.63) is 46.9 Å². The van der Waals surface area contributed by atoms with Crippen LogP contribution < -0.4 is 19.7 Å². The van der Waals surface area contributed by atoms with Crippen molar-refractivity contribution in [1.29, 1.82) is 0 Å². The third-order valence-corrected chi connectivity index (χ3v) is 4.84. The van der Waals surface area contributed by atoms with Crippen molar-refractivity contribution in [2.75, 3.05) is 23.9 Å².